The van der Waals surface area contributed by atoms with Gasteiger partial charge in [-0.05, 0) is 25.0 Å². The summed E-state index contributed by atoms with van der Waals surface area (Å²) in [5.74, 6) is 1.14. The van der Waals surface area contributed by atoms with Gasteiger partial charge >= 0.3 is 0 Å². The molecule has 4 rings (SSSR count). The van der Waals surface area contributed by atoms with Gasteiger partial charge in [0.05, 0.1) is 12.0 Å². The summed E-state index contributed by atoms with van der Waals surface area (Å²) in [5, 5.41) is 9.11. The van der Waals surface area contributed by atoms with Crippen molar-refractivity contribution in [3.63, 3.8) is 0 Å². The van der Waals surface area contributed by atoms with Gasteiger partial charge in [0.1, 0.15) is 5.69 Å². The number of halogens is 1. The maximum atomic E-state index is 6.34. The fourth-order valence-electron chi connectivity index (χ4n) is 2.97. The Balaban J connectivity index is 0.00000144. The molecular formula is C15H17ClN4O2. The number of para-hydroxylation sites is 1. The number of fused-ring (bicyclic) bond motifs is 1. The lowest BCUT2D eigenvalue weighted by molar-refractivity contribution is 0.350. The smallest absolute Gasteiger partial charge is 0.232 e. The molecule has 0 bridgehead atoms. The summed E-state index contributed by atoms with van der Waals surface area (Å²) in [6.45, 7) is 0. The van der Waals surface area contributed by atoms with E-state index in [1.807, 2.05) is 24.3 Å². The SMILES string of the molecule is Cl.NC1(c2noc(Cc3noc4ccccc34)n2)CCCC1. The van der Waals surface area contributed by atoms with E-state index in [-0.39, 0.29) is 12.4 Å². The zero-order valence-electron chi connectivity index (χ0n) is 12.0. The number of hydrogen-bond donors (Lipinski definition) is 1. The zero-order valence-corrected chi connectivity index (χ0v) is 12.8. The van der Waals surface area contributed by atoms with Crippen molar-refractivity contribution in [1.29, 1.82) is 0 Å². The summed E-state index contributed by atoms with van der Waals surface area (Å²) < 4.78 is 10.6. The molecule has 0 radical (unpaired) electrons. The van der Waals surface area contributed by atoms with E-state index >= 15 is 0 Å². The predicted octanol–water partition coefficient (Wildman–Crippen LogP) is 2.95. The Bertz CT molecular complexity index is 777. The maximum Gasteiger partial charge on any atom is 0.232 e. The first-order valence-electron chi connectivity index (χ1n) is 7.20. The van der Waals surface area contributed by atoms with E-state index in [4.69, 9.17) is 14.8 Å². The van der Waals surface area contributed by atoms with E-state index in [2.05, 4.69) is 15.3 Å². The summed E-state index contributed by atoms with van der Waals surface area (Å²) in [5.41, 5.74) is 7.48. The maximum absolute atomic E-state index is 6.34. The van der Waals surface area contributed by atoms with Crippen molar-refractivity contribution in [2.45, 2.75) is 37.6 Å². The topological polar surface area (TPSA) is 91.0 Å². The quantitative estimate of drug-likeness (QED) is 0.797. The van der Waals surface area contributed by atoms with Crippen LogP contribution in [0.15, 0.2) is 33.3 Å². The van der Waals surface area contributed by atoms with Gasteiger partial charge in [-0.1, -0.05) is 35.3 Å². The molecule has 0 atom stereocenters. The van der Waals surface area contributed by atoms with Crippen LogP contribution >= 0.6 is 12.4 Å². The predicted molar refractivity (Wildman–Crippen MR) is 82.7 cm³/mol. The number of benzene rings is 1. The Morgan fingerprint density at radius 3 is 2.68 bits per heavy atom. The molecule has 0 saturated heterocycles. The van der Waals surface area contributed by atoms with Gasteiger partial charge in [0.25, 0.3) is 0 Å². The summed E-state index contributed by atoms with van der Waals surface area (Å²) in [4.78, 5) is 4.46. The number of nitrogens with two attached hydrogens (primary N) is 1. The van der Waals surface area contributed by atoms with E-state index in [0.29, 0.717) is 18.1 Å². The third-order valence-electron chi connectivity index (χ3n) is 4.18. The molecule has 2 N–H and O–H groups in total. The molecule has 2 aromatic heterocycles. The second-order valence-corrected chi connectivity index (χ2v) is 5.68. The molecule has 116 valence electrons. The summed E-state index contributed by atoms with van der Waals surface area (Å²) >= 11 is 0. The normalized spacial score (nSPS) is 16.8. The zero-order chi connectivity index (χ0) is 14.3. The van der Waals surface area contributed by atoms with Crippen LogP contribution in [0.5, 0.6) is 0 Å². The summed E-state index contributed by atoms with van der Waals surface area (Å²) in [6, 6.07) is 7.73. The summed E-state index contributed by atoms with van der Waals surface area (Å²) in [7, 11) is 0. The van der Waals surface area contributed by atoms with Crippen LogP contribution in [0.4, 0.5) is 0 Å². The second-order valence-electron chi connectivity index (χ2n) is 5.68. The highest BCUT2D eigenvalue weighted by molar-refractivity contribution is 5.85. The van der Waals surface area contributed by atoms with Crippen molar-refractivity contribution >= 4 is 23.4 Å². The molecule has 0 spiro atoms. The highest BCUT2D eigenvalue weighted by Gasteiger charge is 2.36. The Labute approximate surface area is 133 Å². The van der Waals surface area contributed by atoms with E-state index in [0.717, 1.165) is 42.3 Å². The third-order valence-corrected chi connectivity index (χ3v) is 4.18. The van der Waals surface area contributed by atoms with Gasteiger partial charge in [0.2, 0.25) is 5.89 Å². The monoisotopic (exact) mass is 320 g/mol. The van der Waals surface area contributed by atoms with Crippen molar-refractivity contribution in [1.82, 2.24) is 15.3 Å². The van der Waals surface area contributed by atoms with E-state index in [9.17, 15) is 0 Å². The molecule has 1 fully saturated rings. The number of rotatable bonds is 3. The van der Waals surface area contributed by atoms with Crippen molar-refractivity contribution < 1.29 is 9.05 Å². The molecule has 22 heavy (non-hydrogen) atoms. The average Bonchev–Trinajstić information content (AvgIpc) is 3.21. The molecule has 0 unspecified atom stereocenters. The molecule has 6 nitrogen and oxygen atoms in total. The van der Waals surface area contributed by atoms with Gasteiger partial charge in [-0.3, -0.25) is 0 Å². The van der Waals surface area contributed by atoms with Crippen molar-refractivity contribution in [3.05, 3.63) is 41.7 Å². The van der Waals surface area contributed by atoms with Crippen LogP contribution in [-0.2, 0) is 12.0 Å². The highest BCUT2D eigenvalue weighted by Crippen LogP contribution is 2.34. The van der Waals surface area contributed by atoms with Gasteiger partial charge in [-0.25, -0.2) is 0 Å². The Kier molecular flexibility index (Phi) is 3.88. The molecule has 1 aliphatic carbocycles. The van der Waals surface area contributed by atoms with Crippen LogP contribution in [0.25, 0.3) is 11.0 Å². The standard InChI is InChI=1S/C15H16N4O2.ClH/c16-15(7-3-4-8-15)14-17-13(21-19-14)9-11-10-5-1-2-6-12(10)20-18-11;/h1-2,5-6H,3-4,7-9,16H2;1H. The Hall–Kier alpha value is -1.92. The van der Waals surface area contributed by atoms with Crippen LogP contribution in [0.2, 0.25) is 0 Å². The van der Waals surface area contributed by atoms with Gasteiger partial charge in [0.15, 0.2) is 11.4 Å². The summed E-state index contributed by atoms with van der Waals surface area (Å²) in [6.07, 6.45) is 4.53. The Morgan fingerprint density at radius 1 is 1.09 bits per heavy atom. The Morgan fingerprint density at radius 2 is 1.86 bits per heavy atom. The van der Waals surface area contributed by atoms with Crippen LogP contribution in [0.3, 0.4) is 0 Å². The lowest BCUT2D eigenvalue weighted by atomic mass is 9.99. The fraction of sp³-hybridized carbons (Fsp3) is 0.400. The largest absolute Gasteiger partial charge is 0.356 e. The first kappa shape index (κ1) is 15.0. The molecular weight excluding hydrogens is 304 g/mol. The number of aromatic nitrogens is 3. The molecule has 1 saturated carbocycles. The minimum Gasteiger partial charge on any atom is -0.356 e. The average molecular weight is 321 g/mol. The van der Waals surface area contributed by atoms with Crippen LogP contribution < -0.4 is 5.73 Å². The molecule has 0 amide bonds. The van der Waals surface area contributed by atoms with Crippen LogP contribution in [0, 0.1) is 0 Å². The molecule has 2 heterocycles. The first-order chi connectivity index (χ1) is 10.2. The molecule has 1 aliphatic rings. The molecule has 3 aromatic rings. The van der Waals surface area contributed by atoms with E-state index in [1.165, 1.54) is 0 Å². The van der Waals surface area contributed by atoms with Crippen LogP contribution in [-0.4, -0.2) is 15.3 Å². The lowest BCUT2D eigenvalue weighted by Crippen LogP contribution is -2.34. The van der Waals surface area contributed by atoms with E-state index in [1.54, 1.807) is 0 Å². The fourth-order valence-corrected chi connectivity index (χ4v) is 2.97. The minimum absolute atomic E-state index is 0. The molecule has 1 aromatic carbocycles. The van der Waals surface area contributed by atoms with E-state index < -0.39 is 5.54 Å². The van der Waals surface area contributed by atoms with Crippen molar-refractivity contribution in [2.75, 3.05) is 0 Å². The molecule has 7 heteroatoms. The first-order valence-corrected chi connectivity index (χ1v) is 7.20. The van der Waals surface area contributed by atoms with Crippen molar-refractivity contribution in [3.8, 4) is 0 Å². The third kappa shape index (κ3) is 2.48. The van der Waals surface area contributed by atoms with Gasteiger partial charge in [-0.15, -0.1) is 12.4 Å². The molecule has 0 aliphatic heterocycles. The highest BCUT2D eigenvalue weighted by atomic mass is 35.5. The lowest BCUT2D eigenvalue weighted by Gasteiger charge is -2.17. The number of hydrogen-bond acceptors (Lipinski definition) is 6. The van der Waals surface area contributed by atoms with Gasteiger partial charge in [-0.2, -0.15) is 4.98 Å². The van der Waals surface area contributed by atoms with Crippen LogP contribution in [0.1, 0.15) is 43.1 Å². The van der Waals surface area contributed by atoms with Gasteiger partial charge in [0, 0.05) is 5.39 Å². The minimum atomic E-state index is -0.423. The number of nitrogens with zero attached hydrogens (tertiary/aromatic N) is 3. The van der Waals surface area contributed by atoms with Gasteiger partial charge < -0.3 is 14.8 Å². The van der Waals surface area contributed by atoms with Crippen molar-refractivity contribution in [2.24, 2.45) is 5.73 Å². The second kappa shape index (κ2) is 5.70.